The molecular formula is C13H13ClFNOS. The van der Waals surface area contributed by atoms with Gasteiger partial charge in [0.2, 0.25) is 0 Å². The van der Waals surface area contributed by atoms with Gasteiger partial charge in [0.25, 0.3) is 0 Å². The predicted octanol–water partition coefficient (Wildman–Crippen LogP) is 4.14. The van der Waals surface area contributed by atoms with Crippen molar-refractivity contribution in [2.75, 3.05) is 0 Å². The molecule has 0 aliphatic rings. The van der Waals surface area contributed by atoms with Crippen LogP contribution in [0.1, 0.15) is 23.4 Å². The third-order valence-corrected chi connectivity index (χ3v) is 3.67. The van der Waals surface area contributed by atoms with Crippen molar-refractivity contribution in [3.05, 3.63) is 50.9 Å². The van der Waals surface area contributed by atoms with E-state index in [1.165, 1.54) is 23.5 Å². The molecule has 0 saturated heterocycles. The lowest BCUT2D eigenvalue weighted by molar-refractivity contribution is 0.304. The van der Waals surface area contributed by atoms with Crippen LogP contribution in [-0.4, -0.2) is 0 Å². The fourth-order valence-electron chi connectivity index (χ4n) is 1.58. The highest BCUT2D eigenvalue weighted by Gasteiger charge is 2.10. The number of halogens is 2. The molecule has 2 nitrogen and oxygen atoms in total. The average Bonchev–Trinajstić information content (AvgIpc) is 2.73. The van der Waals surface area contributed by atoms with Crippen LogP contribution in [0.25, 0.3) is 0 Å². The smallest absolute Gasteiger partial charge is 0.124 e. The van der Waals surface area contributed by atoms with Gasteiger partial charge in [0, 0.05) is 16.5 Å². The van der Waals surface area contributed by atoms with Crippen LogP contribution in [0.15, 0.2) is 30.3 Å². The first-order valence-electron chi connectivity index (χ1n) is 5.48. The molecule has 2 rings (SSSR count). The summed E-state index contributed by atoms with van der Waals surface area (Å²) in [6.07, 6.45) is 0. The normalized spacial score (nSPS) is 12.4. The SMILES string of the molecule is C[C@@H](N)c1cc(F)ccc1OCc1ccc(Cl)s1. The van der Waals surface area contributed by atoms with E-state index in [-0.39, 0.29) is 11.9 Å². The van der Waals surface area contributed by atoms with E-state index in [0.717, 1.165) is 9.21 Å². The average molecular weight is 286 g/mol. The Labute approximate surface area is 114 Å². The number of thiophene rings is 1. The quantitative estimate of drug-likeness (QED) is 0.916. The van der Waals surface area contributed by atoms with Crippen LogP contribution >= 0.6 is 22.9 Å². The largest absolute Gasteiger partial charge is 0.488 e. The van der Waals surface area contributed by atoms with E-state index in [9.17, 15) is 4.39 Å². The maximum atomic E-state index is 13.1. The van der Waals surface area contributed by atoms with Crippen LogP contribution < -0.4 is 10.5 Å². The lowest BCUT2D eigenvalue weighted by Gasteiger charge is -2.13. The summed E-state index contributed by atoms with van der Waals surface area (Å²) in [5.41, 5.74) is 6.46. The number of hydrogen-bond acceptors (Lipinski definition) is 3. The Morgan fingerprint density at radius 3 is 2.78 bits per heavy atom. The molecule has 1 atom stereocenters. The van der Waals surface area contributed by atoms with E-state index >= 15 is 0 Å². The number of rotatable bonds is 4. The number of ether oxygens (including phenoxy) is 1. The summed E-state index contributed by atoms with van der Waals surface area (Å²) in [7, 11) is 0. The van der Waals surface area contributed by atoms with Gasteiger partial charge in [0.1, 0.15) is 18.2 Å². The van der Waals surface area contributed by atoms with Crippen molar-refractivity contribution in [3.8, 4) is 5.75 Å². The van der Waals surface area contributed by atoms with Gasteiger partial charge >= 0.3 is 0 Å². The van der Waals surface area contributed by atoms with E-state index in [1.54, 1.807) is 13.0 Å². The van der Waals surface area contributed by atoms with E-state index in [1.807, 2.05) is 12.1 Å². The Balaban J connectivity index is 2.13. The molecule has 0 radical (unpaired) electrons. The first kappa shape index (κ1) is 13.3. The molecule has 18 heavy (non-hydrogen) atoms. The molecule has 0 aliphatic heterocycles. The Morgan fingerprint density at radius 2 is 2.17 bits per heavy atom. The van der Waals surface area contributed by atoms with Crippen molar-refractivity contribution in [2.24, 2.45) is 5.73 Å². The molecule has 0 aliphatic carbocycles. The van der Waals surface area contributed by atoms with Crippen LogP contribution in [-0.2, 0) is 6.61 Å². The summed E-state index contributed by atoms with van der Waals surface area (Å²) < 4.78 is 19.5. The summed E-state index contributed by atoms with van der Waals surface area (Å²) in [6, 6.07) is 7.82. The van der Waals surface area contributed by atoms with E-state index in [4.69, 9.17) is 22.1 Å². The van der Waals surface area contributed by atoms with Crippen molar-refractivity contribution in [2.45, 2.75) is 19.6 Å². The summed E-state index contributed by atoms with van der Waals surface area (Å²) in [6.45, 7) is 2.20. The second-order valence-electron chi connectivity index (χ2n) is 3.97. The fraction of sp³-hybridized carbons (Fsp3) is 0.231. The van der Waals surface area contributed by atoms with Gasteiger partial charge in [-0.15, -0.1) is 11.3 Å². The van der Waals surface area contributed by atoms with Crippen LogP contribution in [0.3, 0.4) is 0 Å². The van der Waals surface area contributed by atoms with Gasteiger partial charge in [-0.2, -0.15) is 0 Å². The van der Waals surface area contributed by atoms with E-state index < -0.39 is 0 Å². The zero-order valence-corrected chi connectivity index (χ0v) is 11.4. The Bertz CT molecular complexity index is 542. The van der Waals surface area contributed by atoms with E-state index in [2.05, 4.69) is 0 Å². The summed E-state index contributed by atoms with van der Waals surface area (Å²) in [5.74, 6) is 0.296. The molecule has 2 N–H and O–H groups in total. The van der Waals surface area contributed by atoms with Crippen molar-refractivity contribution in [1.29, 1.82) is 0 Å². The van der Waals surface area contributed by atoms with Gasteiger partial charge in [-0.3, -0.25) is 0 Å². The summed E-state index contributed by atoms with van der Waals surface area (Å²) in [4.78, 5) is 1.01. The molecule has 0 unspecified atom stereocenters. The second kappa shape index (κ2) is 5.69. The van der Waals surface area contributed by atoms with Gasteiger partial charge in [0.15, 0.2) is 0 Å². The molecule has 1 heterocycles. The van der Waals surface area contributed by atoms with Crippen LogP contribution in [0.4, 0.5) is 4.39 Å². The Hall–Kier alpha value is -1.10. The summed E-state index contributed by atoms with van der Waals surface area (Å²) >= 11 is 7.30. The van der Waals surface area contributed by atoms with Crippen molar-refractivity contribution >= 4 is 22.9 Å². The van der Waals surface area contributed by atoms with E-state index in [0.29, 0.717) is 17.9 Å². The Morgan fingerprint density at radius 1 is 1.39 bits per heavy atom. The highest BCUT2D eigenvalue weighted by atomic mass is 35.5. The lowest BCUT2D eigenvalue weighted by atomic mass is 10.1. The standard InChI is InChI=1S/C13H13ClFNOS/c1-8(16)11-6-9(15)2-4-12(11)17-7-10-3-5-13(14)18-10/h2-6,8H,7,16H2,1H3/t8-/m1/s1. The minimum Gasteiger partial charge on any atom is -0.488 e. The predicted molar refractivity (Wildman–Crippen MR) is 72.7 cm³/mol. The Kier molecular flexibility index (Phi) is 4.22. The lowest BCUT2D eigenvalue weighted by Crippen LogP contribution is -2.08. The monoisotopic (exact) mass is 285 g/mol. The number of nitrogens with two attached hydrogens (primary N) is 1. The molecule has 1 aromatic carbocycles. The molecule has 0 bridgehead atoms. The molecule has 0 spiro atoms. The zero-order chi connectivity index (χ0) is 13.1. The highest BCUT2D eigenvalue weighted by molar-refractivity contribution is 7.16. The van der Waals surface area contributed by atoms with Gasteiger partial charge < -0.3 is 10.5 Å². The highest BCUT2D eigenvalue weighted by Crippen LogP contribution is 2.27. The maximum Gasteiger partial charge on any atom is 0.124 e. The number of hydrogen-bond donors (Lipinski definition) is 1. The van der Waals surface area contributed by atoms with Crippen LogP contribution in [0, 0.1) is 5.82 Å². The molecule has 0 saturated carbocycles. The minimum absolute atomic E-state index is 0.275. The molecular weight excluding hydrogens is 273 g/mol. The zero-order valence-electron chi connectivity index (χ0n) is 9.82. The molecule has 96 valence electrons. The molecule has 1 aromatic heterocycles. The third kappa shape index (κ3) is 3.22. The molecule has 5 heteroatoms. The van der Waals surface area contributed by atoms with Crippen molar-refractivity contribution in [3.63, 3.8) is 0 Å². The van der Waals surface area contributed by atoms with Gasteiger partial charge in [-0.05, 0) is 37.3 Å². The fourth-order valence-corrected chi connectivity index (χ4v) is 2.59. The maximum absolute atomic E-state index is 13.1. The van der Waals surface area contributed by atoms with Crippen molar-refractivity contribution in [1.82, 2.24) is 0 Å². The van der Waals surface area contributed by atoms with Crippen LogP contribution in [0.2, 0.25) is 4.34 Å². The molecule has 0 fully saturated rings. The second-order valence-corrected chi connectivity index (χ2v) is 5.76. The van der Waals surface area contributed by atoms with Gasteiger partial charge in [-0.25, -0.2) is 4.39 Å². The minimum atomic E-state index is -0.311. The van der Waals surface area contributed by atoms with Crippen molar-refractivity contribution < 1.29 is 9.13 Å². The summed E-state index contributed by atoms with van der Waals surface area (Å²) in [5, 5.41) is 0. The molecule has 2 aromatic rings. The topological polar surface area (TPSA) is 35.2 Å². The van der Waals surface area contributed by atoms with Crippen LogP contribution in [0.5, 0.6) is 5.75 Å². The number of benzene rings is 1. The first-order chi connectivity index (χ1) is 8.56. The third-order valence-electron chi connectivity index (χ3n) is 2.46. The van der Waals surface area contributed by atoms with Gasteiger partial charge in [0.05, 0.1) is 4.34 Å². The molecule has 0 amide bonds. The first-order valence-corrected chi connectivity index (χ1v) is 6.68. The van der Waals surface area contributed by atoms with Gasteiger partial charge in [-0.1, -0.05) is 11.6 Å².